The Kier molecular flexibility index (Phi) is 3.34. The molecule has 0 aliphatic heterocycles. The highest BCUT2D eigenvalue weighted by Gasteiger charge is 2.16. The van der Waals surface area contributed by atoms with Gasteiger partial charge in [0.1, 0.15) is 5.69 Å². The summed E-state index contributed by atoms with van der Waals surface area (Å²) < 4.78 is 1.80. The first-order valence-corrected chi connectivity index (χ1v) is 7.01. The number of hydrogen-bond donors (Lipinski definition) is 1. The molecule has 3 rings (SSSR count). The first-order valence-electron chi connectivity index (χ1n) is 7.01. The van der Waals surface area contributed by atoms with Crippen LogP contribution in [0.1, 0.15) is 49.1 Å². The molecule has 1 aromatic carbocycles. The molecular weight excluding hydrogens is 238 g/mol. The minimum atomic E-state index is -0.520. The predicted molar refractivity (Wildman–Crippen MR) is 73.3 cm³/mol. The van der Waals surface area contributed by atoms with Crippen molar-refractivity contribution in [2.75, 3.05) is 0 Å². The van der Waals surface area contributed by atoms with Crippen LogP contribution in [0.15, 0.2) is 24.4 Å². The molecule has 100 valence electrons. The SMILES string of the molecule is CCC(O)c1cn(-c2cccc3c2CCCC3)nn1. The first kappa shape index (κ1) is 12.4. The molecule has 4 heteroatoms. The van der Waals surface area contributed by atoms with Gasteiger partial charge in [-0.25, -0.2) is 4.68 Å². The Morgan fingerprint density at radius 1 is 1.32 bits per heavy atom. The van der Waals surface area contributed by atoms with Crippen LogP contribution in [0.25, 0.3) is 5.69 Å². The Morgan fingerprint density at radius 3 is 3.00 bits per heavy atom. The molecule has 0 amide bonds. The molecule has 0 spiro atoms. The topological polar surface area (TPSA) is 50.9 Å². The van der Waals surface area contributed by atoms with E-state index < -0.39 is 6.10 Å². The molecule has 1 aromatic heterocycles. The van der Waals surface area contributed by atoms with E-state index in [-0.39, 0.29) is 0 Å². The second-order valence-electron chi connectivity index (χ2n) is 5.13. The average Bonchev–Trinajstić information content (AvgIpc) is 2.95. The number of benzene rings is 1. The Bertz CT molecular complexity index is 577. The van der Waals surface area contributed by atoms with Gasteiger partial charge in [-0.15, -0.1) is 5.10 Å². The van der Waals surface area contributed by atoms with Crippen molar-refractivity contribution in [1.29, 1.82) is 0 Å². The summed E-state index contributed by atoms with van der Waals surface area (Å²) in [6, 6.07) is 6.37. The number of aliphatic hydroxyl groups excluding tert-OH is 1. The molecule has 1 aliphatic rings. The van der Waals surface area contributed by atoms with Gasteiger partial charge in [0.05, 0.1) is 18.0 Å². The van der Waals surface area contributed by atoms with Crippen molar-refractivity contribution in [2.24, 2.45) is 0 Å². The highest BCUT2D eigenvalue weighted by atomic mass is 16.3. The zero-order chi connectivity index (χ0) is 13.2. The van der Waals surface area contributed by atoms with Crippen LogP contribution in [0, 0.1) is 0 Å². The summed E-state index contributed by atoms with van der Waals surface area (Å²) in [5, 5.41) is 18.1. The Hall–Kier alpha value is -1.68. The number of nitrogens with zero attached hydrogens (tertiary/aromatic N) is 3. The van der Waals surface area contributed by atoms with Crippen molar-refractivity contribution >= 4 is 0 Å². The fourth-order valence-corrected chi connectivity index (χ4v) is 2.73. The maximum Gasteiger partial charge on any atom is 0.112 e. The van der Waals surface area contributed by atoms with Gasteiger partial charge in [0.15, 0.2) is 0 Å². The van der Waals surface area contributed by atoms with Gasteiger partial charge in [-0.1, -0.05) is 24.3 Å². The lowest BCUT2D eigenvalue weighted by atomic mass is 9.90. The van der Waals surface area contributed by atoms with Crippen molar-refractivity contribution in [3.63, 3.8) is 0 Å². The normalized spacial score (nSPS) is 16.1. The van der Waals surface area contributed by atoms with Crippen molar-refractivity contribution in [2.45, 2.75) is 45.1 Å². The number of fused-ring (bicyclic) bond motifs is 1. The standard InChI is InChI=1S/C15H19N3O/c1-2-15(19)13-10-18(17-16-13)14-9-5-7-11-6-3-4-8-12(11)14/h5,7,9-10,15,19H,2-4,6,8H2,1H3. The van der Waals surface area contributed by atoms with E-state index in [2.05, 4.69) is 28.5 Å². The molecule has 0 saturated carbocycles. The highest BCUT2D eigenvalue weighted by molar-refractivity contribution is 5.46. The van der Waals surface area contributed by atoms with Crippen molar-refractivity contribution < 1.29 is 5.11 Å². The van der Waals surface area contributed by atoms with Gasteiger partial charge in [0.2, 0.25) is 0 Å². The quantitative estimate of drug-likeness (QED) is 0.919. The lowest BCUT2D eigenvalue weighted by Crippen LogP contribution is -2.08. The summed E-state index contributed by atoms with van der Waals surface area (Å²) >= 11 is 0. The van der Waals surface area contributed by atoms with Crippen molar-refractivity contribution in [3.8, 4) is 5.69 Å². The van der Waals surface area contributed by atoms with E-state index in [1.807, 2.05) is 13.1 Å². The van der Waals surface area contributed by atoms with E-state index in [1.54, 1.807) is 4.68 Å². The number of aliphatic hydroxyl groups is 1. The monoisotopic (exact) mass is 257 g/mol. The summed E-state index contributed by atoms with van der Waals surface area (Å²) in [6.45, 7) is 1.94. The van der Waals surface area contributed by atoms with E-state index in [4.69, 9.17) is 0 Å². The molecule has 1 N–H and O–H groups in total. The molecule has 1 atom stereocenters. The van der Waals surface area contributed by atoms with Crippen LogP contribution < -0.4 is 0 Å². The summed E-state index contributed by atoms with van der Waals surface area (Å²) in [4.78, 5) is 0. The third kappa shape index (κ3) is 2.28. The third-order valence-electron chi connectivity index (χ3n) is 3.86. The number of hydrogen-bond acceptors (Lipinski definition) is 3. The molecule has 0 fully saturated rings. The maximum atomic E-state index is 9.81. The van der Waals surface area contributed by atoms with E-state index in [0.29, 0.717) is 12.1 Å². The van der Waals surface area contributed by atoms with Crippen molar-refractivity contribution in [3.05, 3.63) is 41.2 Å². The lowest BCUT2D eigenvalue weighted by Gasteiger charge is -2.18. The summed E-state index contributed by atoms with van der Waals surface area (Å²) in [7, 11) is 0. The summed E-state index contributed by atoms with van der Waals surface area (Å²) in [5.41, 5.74) is 4.57. The van der Waals surface area contributed by atoms with Crippen molar-refractivity contribution in [1.82, 2.24) is 15.0 Å². The maximum absolute atomic E-state index is 9.81. The van der Waals surface area contributed by atoms with Gasteiger partial charge in [-0.05, 0) is 49.3 Å². The molecule has 4 nitrogen and oxygen atoms in total. The highest BCUT2D eigenvalue weighted by Crippen LogP contribution is 2.27. The number of aryl methyl sites for hydroxylation is 1. The smallest absolute Gasteiger partial charge is 0.112 e. The number of rotatable bonds is 3. The van der Waals surface area contributed by atoms with E-state index >= 15 is 0 Å². The molecule has 2 aromatic rings. The van der Waals surface area contributed by atoms with Crippen LogP contribution in [0.4, 0.5) is 0 Å². The molecule has 0 radical (unpaired) electrons. The summed E-state index contributed by atoms with van der Waals surface area (Å²) in [5.74, 6) is 0. The van der Waals surface area contributed by atoms with Gasteiger partial charge in [-0.3, -0.25) is 0 Å². The molecule has 1 unspecified atom stereocenters. The van der Waals surface area contributed by atoms with Gasteiger partial charge < -0.3 is 5.11 Å². The predicted octanol–water partition coefficient (Wildman–Crippen LogP) is 2.59. The number of aromatic nitrogens is 3. The van der Waals surface area contributed by atoms with Crippen LogP contribution in [0.3, 0.4) is 0 Å². The second-order valence-corrected chi connectivity index (χ2v) is 5.13. The molecule has 1 heterocycles. The Morgan fingerprint density at radius 2 is 2.16 bits per heavy atom. The van der Waals surface area contributed by atoms with Gasteiger partial charge >= 0.3 is 0 Å². The fraction of sp³-hybridized carbons (Fsp3) is 0.467. The Labute approximate surface area is 113 Å². The first-order chi connectivity index (χ1) is 9.29. The zero-order valence-corrected chi connectivity index (χ0v) is 11.2. The van der Waals surface area contributed by atoms with E-state index in [9.17, 15) is 5.11 Å². The Balaban J connectivity index is 2.00. The van der Waals surface area contributed by atoms with Gasteiger partial charge in [0, 0.05) is 0 Å². The molecule has 0 saturated heterocycles. The van der Waals surface area contributed by atoms with E-state index in [1.165, 1.54) is 24.0 Å². The third-order valence-corrected chi connectivity index (χ3v) is 3.86. The van der Waals surface area contributed by atoms with Crippen LogP contribution in [-0.2, 0) is 12.8 Å². The van der Waals surface area contributed by atoms with E-state index in [0.717, 1.165) is 18.5 Å². The second kappa shape index (κ2) is 5.13. The zero-order valence-electron chi connectivity index (χ0n) is 11.2. The molecular formula is C15H19N3O. The van der Waals surface area contributed by atoms with Gasteiger partial charge in [0.25, 0.3) is 0 Å². The van der Waals surface area contributed by atoms with Crippen LogP contribution in [0.2, 0.25) is 0 Å². The van der Waals surface area contributed by atoms with Crippen LogP contribution in [-0.4, -0.2) is 20.1 Å². The average molecular weight is 257 g/mol. The minimum Gasteiger partial charge on any atom is -0.387 e. The lowest BCUT2D eigenvalue weighted by molar-refractivity contribution is 0.169. The summed E-state index contributed by atoms with van der Waals surface area (Å²) in [6.07, 6.45) is 6.76. The largest absolute Gasteiger partial charge is 0.387 e. The molecule has 1 aliphatic carbocycles. The van der Waals surface area contributed by atoms with Crippen LogP contribution in [0.5, 0.6) is 0 Å². The van der Waals surface area contributed by atoms with Crippen LogP contribution >= 0.6 is 0 Å². The fourth-order valence-electron chi connectivity index (χ4n) is 2.73. The van der Waals surface area contributed by atoms with Gasteiger partial charge in [-0.2, -0.15) is 0 Å². The minimum absolute atomic E-state index is 0.520. The molecule has 19 heavy (non-hydrogen) atoms. The molecule has 0 bridgehead atoms.